The summed E-state index contributed by atoms with van der Waals surface area (Å²) < 4.78 is 26.7. The molecular formula is C13H13F2NS. The molecule has 0 fully saturated rings. The number of thiophene rings is 1. The van der Waals surface area contributed by atoms with E-state index in [1.807, 2.05) is 23.8 Å². The van der Waals surface area contributed by atoms with Crippen molar-refractivity contribution in [3.63, 3.8) is 0 Å². The molecular weight excluding hydrogens is 240 g/mol. The summed E-state index contributed by atoms with van der Waals surface area (Å²) >= 11 is 1.61. The van der Waals surface area contributed by atoms with E-state index in [4.69, 9.17) is 0 Å². The van der Waals surface area contributed by atoms with Crippen LogP contribution in [0.5, 0.6) is 0 Å². The van der Waals surface area contributed by atoms with Crippen LogP contribution in [0.1, 0.15) is 24.1 Å². The van der Waals surface area contributed by atoms with Crippen molar-refractivity contribution in [3.8, 4) is 0 Å². The Balaban J connectivity index is 2.03. The lowest BCUT2D eigenvalue weighted by atomic mass is 10.1. The fourth-order valence-corrected chi connectivity index (χ4v) is 2.35. The van der Waals surface area contributed by atoms with Crippen LogP contribution in [0, 0.1) is 11.6 Å². The Hall–Kier alpha value is -1.26. The molecule has 0 aliphatic rings. The molecule has 0 aliphatic carbocycles. The van der Waals surface area contributed by atoms with Gasteiger partial charge in [-0.05, 0) is 41.4 Å². The summed E-state index contributed by atoms with van der Waals surface area (Å²) in [6, 6.07) is 6.00. The van der Waals surface area contributed by atoms with Gasteiger partial charge in [0.15, 0.2) is 0 Å². The molecule has 0 radical (unpaired) electrons. The maximum Gasteiger partial charge on any atom is 0.130 e. The molecule has 0 aliphatic heterocycles. The number of rotatable bonds is 4. The zero-order chi connectivity index (χ0) is 12.3. The first-order valence-corrected chi connectivity index (χ1v) is 6.31. The molecule has 2 rings (SSSR count). The number of hydrogen-bond acceptors (Lipinski definition) is 2. The molecule has 0 bridgehead atoms. The van der Waals surface area contributed by atoms with E-state index in [9.17, 15) is 8.78 Å². The van der Waals surface area contributed by atoms with Crippen LogP contribution in [-0.2, 0) is 6.54 Å². The normalized spacial score (nSPS) is 12.6. The minimum Gasteiger partial charge on any atom is -0.306 e. The first-order valence-electron chi connectivity index (χ1n) is 5.37. The van der Waals surface area contributed by atoms with Gasteiger partial charge >= 0.3 is 0 Å². The van der Waals surface area contributed by atoms with E-state index in [1.54, 1.807) is 11.3 Å². The third-order valence-electron chi connectivity index (χ3n) is 2.69. The van der Waals surface area contributed by atoms with E-state index in [2.05, 4.69) is 5.32 Å². The van der Waals surface area contributed by atoms with Gasteiger partial charge in [-0.15, -0.1) is 0 Å². The van der Waals surface area contributed by atoms with Crippen LogP contribution in [-0.4, -0.2) is 0 Å². The van der Waals surface area contributed by atoms with Crippen molar-refractivity contribution in [2.45, 2.75) is 19.5 Å². The molecule has 0 saturated heterocycles. The Morgan fingerprint density at radius 2 is 1.94 bits per heavy atom. The molecule has 1 N–H and O–H groups in total. The van der Waals surface area contributed by atoms with Crippen LogP contribution in [0.15, 0.2) is 35.0 Å². The van der Waals surface area contributed by atoms with E-state index in [0.29, 0.717) is 0 Å². The largest absolute Gasteiger partial charge is 0.306 e. The van der Waals surface area contributed by atoms with Crippen LogP contribution in [0.25, 0.3) is 0 Å². The van der Waals surface area contributed by atoms with Crippen molar-refractivity contribution in [3.05, 3.63) is 57.8 Å². The fraction of sp³-hybridized carbons (Fsp3) is 0.231. The van der Waals surface area contributed by atoms with Crippen molar-refractivity contribution in [1.29, 1.82) is 0 Å². The first kappa shape index (κ1) is 12.2. The molecule has 0 spiro atoms. The number of hydrogen-bond donors (Lipinski definition) is 1. The van der Waals surface area contributed by atoms with Crippen molar-refractivity contribution in [1.82, 2.24) is 5.32 Å². The highest BCUT2D eigenvalue weighted by Gasteiger charge is 2.10. The lowest BCUT2D eigenvalue weighted by molar-refractivity contribution is 0.509. The summed E-state index contributed by atoms with van der Waals surface area (Å²) in [5, 5.41) is 7.12. The zero-order valence-electron chi connectivity index (χ0n) is 9.41. The molecule has 1 unspecified atom stereocenters. The molecule has 1 heterocycles. The van der Waals surface area contributed by atoms with E-state index < -0.39 is 11.6 Å². The standard InChI is InChI=1S/C13H13F2NS/c1-9(10-5-6-17-8-10)16-7-11-12(14)3-2-4-13(11)15/h2-6,8-9,16H,7H2,1H3. The van der Waals surface area contributed by atoms with Crippen LogP contribution in [0.2, 0.25) is 0 Å². The van der Waals surface area contributed by atoms with E-state index in [-0.39, 0.29) is 18.2 Å². The van der Waals surface area contributed by atoms with Gasteiger partial charge in [0.2, 0.25) is 0 Å². The molecule has 90 valence electrons. The topological polar surface area (TPSA) is 12.0 Å². The second kappa shape index (κ2) is 5.38. The van der Waals surface area contributed by atoms with Crippen molar-refractivity contribution >= 4 is 11.3 Å². The molecule has 0 amide bonds. The highest BCUT2D eigenvalue weighted by atomic mass is 32.1. The Morgan fingerprint density at radius 1 is 1.24 bits per heavy atom. The molecule has 0 saturated carbocycles. The molecule has 1 aromatic heterocycles. The van der Waals surface area contributed by atoms with E-state index in [1.165, 1.54) is 18.2 Å². The number of nitrogens with one attached hydrogen (secondary N) is 1. The molecule has 1 atom stereocenters. The maximum absolute atomic E-state index is 13.4. The smallest absolute Gasteiger partial charge is 0.130 e. The van der Waals surface area contributed by atoms with Crippen LogP contribution >= 0.6 is 11.3 Å². The van der Waals surface area contributed by atoms with Gasteiger partial charge in [-0.1, -0.05) is 6.07 Å². The van der Waals surface area contributed by atoms with Gasteiger partial charge in [-0.2, -0.15) is 11.3 Å². The third-order valence-corrected chi connectivity index (χ3v) is 3.39. The van der Waals surface area contributed by atoms with Crippen LogP contribution in [0.3, 0.4) is 0 Å². The monoisotopic (exact) mass is 253 g/mol. The minimum absolute atomic E-state index is 0.0836. The van der Waals surface area contributed by atoms with Crippen molar-refractivity contribution in [2.24, 2.45) is 0 Å². The second-order valence-corrected chi connectivity index (χ2v) is 4.64. The average Bonchev–Trinajstić information content (AvgIpc) is 2.81. The van der Waals surface area contributed by atoms with E-state index in [0.717, 1.165) is 5.56 Å². The Morgan fingerprint density at radius 3 is 2.53 bits per heavy atom. The fourth-order valence-electron chi connectivity index (χ4n) is 1.60. The zero-order valence-corrected chi connectivity index (χ0v) is 10.2. The van der Waals surface area contributed by atoms with Gasteiger partial charge in [-0.25, -0.2) is 8.78 Å². The summed E-state index contributed by atoms with van der Waals surface area (Å²) in [7, 11) is 0. The number of benzene rings is 1. The maximum atomic E-state index is 13.4. The Labute approximate surface area is 103 Å². The van der Waals surface area contributed by atoms with Gasteiger partial charge < -0.3 is 5.32 Å². The predicted octanol–water partition coefficient (Wildman–Crippen LogP) is 3.88. The molecule has 4 heteroatoms. The van der Waals surface area contributed by atoms with Crippen LogP contribution in [0.4, 0.5) is 8.78 Å². The third kappa shape index (κ3) is 2.90. The highest BCUT2D eigenvalue weighted by molar-refractivity contribution is 7.07. The molecule has 1 nitrogen and oxygen atoms in total. The molecule has 2 aromatic rings. The van der Waals surface area contributed by atoms with Gasteiger partial charge in [0, 0.05) is 18.2 Å². The average molecular weight is 253 g/mol. The van der Waals surface area contributed by atoms with Gasteiger partial charge in [0.25, 0.3) is 0 Å². The molecule has 1 aromatic carbocycles. The van der Waals surface area contributed by atoms with Gasteiger partial charge in [0.05, 0.1) is 0 Å². The lowest BCUT2D eigenvalue weighted by Crippen LogP contribution is -2.19. The highest BCUT2D eigenvalue weighted by Crippen LogP contribution is 2.17. The van der Waals surface area contributed by atoms with E-state index >= 15 is 0 Å². The minimum atomic E-state index is -0.505. The quantitative estimate of drug-likeness (QED) is 0.872. The van der Waals surface area contributed by atoms with Crippen molar-refractivity contribution in [2.75, 3.05) is 0 Å². The van der Waals surface area contributed by atoms with Crippen molar-refractivity contribution < 1.29 is 8.78 Å². The predicted molar refractivity (Wildman–Crippen MR) is 65.9 cm³/mol. The van der Waals surface area contributed by atoms with Gasteiger partial charge in [0.1, 0.15) is 11.6 Å². The Kier molecular flexibility index (Phi) is 3.86. The first-order chi connectivity index (χ1) is 8.18. The van der Waals surface area contributed by atoms with Crippen LogP contribution < -0.4 is 5.32 Å². The summed E-state index contributed by atoms with van der Waals surface area (Å²) in [6.45, 7) is 2.16. The number of halogens is 2. The summed E-state index contributed by atoms with van der Waals surface area (Å²) in [6.07, 6.45) is 0. The Bertz CT molecular complexity index is 462. The second-order valence-electron chi connectivity index (χ2n) is 3.86. The summed E-state index contributed by atoms with van der Waals surface area (Å²) in [5.74, 6) is -1.01. The summed E-state index contributed by atoms with van der Waals surface area (Å²) in [5.41, 5.74) is 1.22. The lowest BCUT2D eigenvalue weighted by Gasteiger charge is -2.13. The van der Waals surface area contributed by atoms with Gasteiger partial charge in [-0.3, -0.25) is 0 Å². The molecule has 17 heavy (non-hydrogen) atoms. The summed E-state index contributed by atoms with van der Waals surface area (Å²) in [4.78, 5) is 0. The SMILES string of the molecule is CC(NCc1c(F)cccc1F)c1ccsc1.